The maximum Gasteiger partial charge on any atom is 0.410 e. The van der Waals surface area contributed by atoms with Crippen molar-refractivity contribution in [2.45, 2.75) is 45.0 Å². The zero-order chi connectivity index (χ0) is 15.6. The van der Waals surface area contributed by atoms with Crippen LogP contribution in [-0.2, 0) is 19.0 Å². The third kappa shape index (κ3) is 4.64. The molecule has 2 unspecified atom stereocenters. The second-order valence-electron chi connectivity index (χ2n) is 6.15. The molecular formula is C13H23NO6. The van der Waals surface area contributed by atoms with Crippen molar-refractivity contribution in [1.82, 2.24) is 4.90 Å². The summed E-state index contributed by atoms with van der Waals surface area (Å²) in [4.78, 5) is 24.6. The van der Waals surface area contributed by atoms with E-state index in [0.29, 0.717) is 0 Å². The number of nitrogens with zero attached hydrogens (tertiary/aromatic N) is 1. The third-order valence-corrected chi connectivity index (χ3v) is 2.92. The predicted octanol–water partition coefficient (Wildman–Crippen LogP) is 1.11. The van der Waals surface area contributed by atoms with E-state index in [1.807, 2.05) is 0 Å². The second-order valence-corrected chi connectivity index (χ2v) is 6.15. The number of carboxylic acid groups (broad SMARTS) is 1. The number of carbonyl (C=O) groups is 2. The highest BCUT2D eigenvalue weighted by atomic mass is 16.6. The number of methoxy groups -OCH3 is 1. The molecule has 116 valence electrons. The lowest BCUT2D eigenvalue weighted by Gasteiger charge is -2.32. The first-order valence-electron chi connectivity index (χ1n) is 6.44. The van der Waals surface area contributed by atoms with E-state index in [9.17, 15) is 9.59 Å². The zero-order valence-electron chi connectivity index (χ0n) is 12.6. The van der Waals surface area contributed by atoms with E-state index in [4.69, 9.17) is 19.3 Å². The summed E-state index contributed by atoms with van der Waals surface area (Å²) in [6, 6.07) is 0. The molecule has 1 fully saturated rings. The fourth-order valence-corrected chi connectivity index (χ4v) is 1.78. The van der Waals surface area contributed by atoms with Gasteiger partial charge >= 0.3 is 12.1 Å². The molecule has 1 heterocycles. The van der Waals surface area contributed by atoms with Crippen LogP contribution < -0.4 is 0 Å². The number of carbonyl (C=O) groups excluding carboxylic acids is 1. The molecule has 0 aromatic carbocycles. The van der Waals surface area contributed by atoms with Gasteiger partial charge in [-0.3, -0.25) is 0 Å². The van der Waals surface area contributed by atoms with Crippen LogP contribution in [0.1, 0.15) is 27.7 Å². The van der Waals surface area contributed by atoms with Crippen LogP contribution in [-0.4, -0.2) is 66.2 Å². The molecule has 1 aliphatic rings. The normalized spacial score (nSPS) is 27.9. The summed E-state index contributed by atoms with van der Waals surface area (Å²) in [6.45, 7) is 7.26. The number of amides is 1. The highest BCUT2D eigenvalue weighted by Gasteiger charge is 2.39. The Bertz CT molecular complexity index is 378. The minimum atomic E-state index is -1.11. The Morgan fingerprint density at radius 1 is 1.40 bits per heavy atom. The first-order valence-corrected chi connectivity index (χ1v) is 6.44. The number of carboxylic acids is 1. The quantitative estimate of drug-likeness (QED) is 0.819. The molecule has 20 heavy (non-hydrogen) atoms. The van der Waals surface area contributed by atoms with Crippen molar-refractivity contribution in [1.29, 1.82) is 0 Å². The molecule has 0 aromatic rings. The van der Waals surface area contributed by atoms with Gasteiger partial charge in [-0.05, 0) is 27.7 Å². The van der Waals surface area contributed by atoms with Gasteiger partial charge in [-0.2, -0.15) is 0 Å². The maximum atomic E-state index is 12.1. The molecule has 0 radical (unpaired) electrons. The maximum absolute atomic E-state index is 12.1. The third-order valence-electron chi connectivity index (χ3n) is 2.92. The summed E-state index contributed by atoms with van der Waals surface area (Å²) in [5.74, 6) is -1.11. The summed E-state index contributed by atoms with van der Waals surface area (Å²) in [5.41, 5.74) is -1.41. The average molecular weight is 289 g/mol. The van der Waals surface area contributed by atoms with Gasteiger partial charge in [0.1, 0.15) is 11.2 Å². The van der Waals surface area contributed by atoms with Crippen molar-refractivity contribution in [3.8, 4) is 0 Å². The van der Waals surface area contributed by atoms with Gasteiger partial charge in [-0.1, -0.05) is 0 Å². The molecule has 7 heteroatoms. The molecule has 7 nitrogen and oxygen atoms in total. The predicted molar refractivity (Wildman–Crippen MR) is 70.6 cm³/mol. The molecule has 2 atom stereocenters. The van der Waals surface area contributed by atoms with Gasteiger partial charge in [0.25, 0.3) is 0 Å². The van der Waals surface area contributed by atoms with E-state index in [1.54, 1.807) is 27.7 Å². The van der Waals surface area contributed by atoms with Gasteiger partial charge in [0.15, 0.2) is 6.10 Å². The highest BCUT2D eigenvalue weighted by molar-refractivity contribution is 5.75. The monoisotopic (exact) mass is 289 g/mol. The topological polar surface area (TPSA) is 85.3 Å². The largest absolute Gasteiger partial charge is 0.479 e. The van der Waals surface area contributed by atoms with Crippen molar-refractivity contribution in [3.05, 3.63) is 0 Å². The van der Waals surface area contributed by atoms with E-state index < -0.39 is 29.4 Å². The standard InChI is InChI=1S/C13H23NO6/c1-12(2,3)20-11(17)14-6-9(10(15)16)19-8-13(4,7-14)18-5/h9H,6-8H2,1-5H3,(H,15,16). The number of rotatable bonds is 2. The lowest BCUT2D eigenvalue weighted by atomic mass is 10.1. The van der Waals surface area contributed by atoms with Gasteiger partial charge in [0.05, 0.1) is 19.7 Å². The van der Waals surface area contributed by atoms with E-state index in [0.717, 1.165) is 0 Å². The van der Waals surface area contributed by atoms with Crippen molar-refractivity contribution in [2.24, 2.45) is 0 Å². The lowest BCUT2D eigenvalue weighted by molar-refractivity contribution is -0.153. The minimum Gasteiger partial charge on any atom is -0.479 e. The SMILES string of the molecule is COC1(C)COC(C(=O)O)CN(C(=O)OC(C)(C)C)C1. The van der Waals surface area contributed by atoms with E-state index in [-0.39, 0.29) is 19.7 Å². The van der Waals surface area contributed by atoms with Gasteiger partial charge in [-0.15, -0.1) is 0 Å². The van der Waals surface area contributed by atoms with Crippen molar-refractivity contribution >= 4 is 12.1 Å². The van der Waals surface area contributed by atoms with Crippen LogP contribution in [0.4, 0.5) is 4.79 Å². The first kappa shape index (κ1) is 16.7. The number of aliphatic carboxylic acids is 1. The van der Waals surface area contributed by atoms with E-state index in [1.165, 1.54) is 12.0 Å². The van der Waals surface area contributed by atoms with Gasteiger partial charge in [0, 0.05) is 7.11 Å². The highest BCUT2D eigenvalue weighted by Crippen LogP contribution is 2.20. The van der Waals surface area contributed by atoms with Crippen molar-refractivity contribution < 1.29 is 28.9 Å². The molecule has 0 aromatic heterocycles. The Labute approximate surface area is 118 Å². The molecule has 0 aliphatic carbocycles. The molecule has 1 saturated heterocycles. The van der Waals surface area contributed by atoms with Crippen LogP contribution in [0.5, 0.6) is 0 Å². The molecule has 0 spiro atoms. The Hall–Kier alpha value is -1.34. The van der Waals surface area contributed by atoms with Crippen LogP contribution >= 0.6 is 0 Å². The molecular weight excluding hydrogens is 266 g/mol. The second kappa shape index (κ2) is 5.97. The summed E-state index contributed by atoms with van der Waals surface area (Å²) >= 11 is 0. The van der Waals surface area contributed by atoms with Crippen LogP contribution in [0.15, 0.2) is 0 Å². The van der Waals surface area contributed by atoms with Gasteiger partial charge < -0.3 is 24.2 Å². The number of hydrogen-bond acceptors (Lipinski definition) is 5. The number of hydrogen-bond donors (Lipinski definition) is 1. The zero-order valence-corrected chi connectivity index (χ0v) is 12.6. The van der Waals surface area contributed by atoms with Gasteiger partial charge in [0.2, 0.25) is 0 Å². The summed E-state index contributed by atoms with van der Waals surface area (Å²) in [7, 11) is 1.50. The van der Waals surface area contributed by atoms with Crippen molar-refractivity contribution in [3.63, 3.8) is 0 Å². The smallest absolute Gasteiger partial charge is 0.410 e. The minimum absolute atomic E-state index is 0.0663. The van der Waals surface area contributed by atoms with Crippen molar-refractivity contribution in [2.75, 3.05) is 26.8 Å². The summed E-state index contributed by atoms with van der Waals surface area (Å²) < 4.78 is 15.9. The number of ether oxygens (including phenoxy) is 3. The molecule has 1 amide bonds. The molecule has 1 rings (SSSR count). The van der Waals surface area contributed by atoms with Crippen LogP contribution in [0.2, 0.25) is 0 Å². The molecule has 1 N–H and O–H groups in total. The van der Waals surface area contributed by atoms with Crippen LogP contribution in [0, 0.1) is 0 Å². The lowest BCUT2D eigenvalue weighted by Crippen LogP contribution is -2.48. The molecule has 0 saturated carbocycles. The summed E-state index contributed by atoms with van der Waals surface area (Å²) in [5, 5.41) is 9.09. The Balaban J connectivity index is 2.89. The fraction of sp³-hybridized carbons (Fsp3) is 0.846. The van der Waals surface area contributed by atoms with Crippen LogP contribution in [0.3, 0.4) is 0 Å². The summed E-state index contributed by atoms with van der Waals surface area (Å²) in [6.07, 6.45) is -1.66. The Kier molecular flexibility index (Phi) is 4.99. The Morgan fingerprint density at radius 2 is 2.00 bits per heavy atom. The Morgan fingerprint density at radius 3 is 2.45 bits per heavy atom. The van der Waals surface area contributed by atoms with E-state index in [2.05, 4.69) is 0 Å². The van der Waals surface area contributed by atoms with Crippen LogP contribution in [0.25, 0.3) is 0 Å². The average Bonchev–Trinajstić information content (AvgIpc) is 2.47. The molecule has 1 aliphatic heterocycles. The molecule has 0 bridgehead atoms. The van der Waals surface area contributed by atoms with E-state index >= 15 is 0 Å². The van der Waals surface area contributed by atoms with Gasteiger partial charge in [-0.25, -0.2) is 9.59 Å². The fourth-order valence-electron chi connectivity index (χ4n) is 1.78. The first-order chi connectivity index (χ1) is 9.06.